The van der Waals surface area contributed by atoms with Gasteiger partial charge in [0.1, 0.15) is 0 Å². The van der Waals surface area contributed by atoms with Crippen molar-refractivity contribution < 1.29 is 17.1 Å². The second kappa shape index (κ2) is 24.0. The first kappa shape index (κ1) is 47.3. The molecule has 0 saturated carbocycles. The summed E-state index contributed by atoms with van der Waals surface area (Å²) in [6.07, 6.45) is 0. The van der Waals surface area contributed by atoms with Crippen molar-refractivity contribution in [3.05, 3.63) is 291 Å². The zero-order chi connectivity index (χ0) is 44.8. The Balaban J connectivity index is 0.000000614. The largest absolute Gasteiger partial charge is 2.00 e. The molecule has 7 heteroatoms. The van der Waals surface area contributed by atoms with E-state index >= 15 is 0 Å². The van der Waals surface area contributed by atoms with Gasteiger partial charge in [0.05, 0.1) is 0 Å². The Labute approximate surface area is 411 Å². The van der Waals surface area contributed by atoms with Crippen molar-refractivity contribution in [2.75, 3.05) is 0 Å². The van der Waals surface area contributed by atoms with E-state index in [1.807, 2.05) is 18.2 Å². The average molecular weight is 973 g/mol. The fraction of sp³-hybridized carbons (Fsp3) is 0. The predicted molar refractivity (Wildman–Crippen MR) is 292 cm³/mol. The molecule has 0 aliphatic heterocycles. The Bertz CT molecular complexity index is 2640. The summed E-state index contributed by atoms with van der Waals surface area (Å²) >= 11 is 0. The predicted octanol–water partition coefficient (Wildman–Crippen LogP) is 9.81. The van der Waals surface area contributed by atoms with Gasteiger partial charge in [0, 0.05) is 5.69 Å². The van der Waals surface area contributed by atoms with E-state index < -0.39 is 32.6 Å². The molecule has 67 heavy (non-hydrogen) atoms. The van der Waals surface area contributed by atoms with Crippen molar-refractivity contribution in [2.45, 2.75) is 0 Å². The molecule has 2 nitrogen and oxygen atoms in total. The molecule has 0 amide bonds. The summed E-state index contributed by atoms with van der Waals surface area (Å²) in [6.45, 7) is 0. The van der Waals surface area contributed by atoms with Crippen molar-refractivity contribution >= 4 is 102 Å². The van der Waals surface area contributed by atoms with E-state index in [0.717, 1.165) is 0 Å². The van der Waals surface area contributed by atoms with Gasteiger partial charge < -0.3 is 10.6 Å². The third kappa shape index (κ3) is 11.3. The minimum atomic E-state index is -1.69. The molecule has 10 aromatic carbocycles. The van der Waals surface area contributed by atoms with Gasteiger partial charge >= 0.3 is 17.1 Å². The first-order chi connectivity index (χ1) is 32.8. The summed E-state index contributed by atoms with van der Waals surface area (Å²) in [4.78, 5) is 0. The molecule has 0 radical (unpaired) electrons. The Hall–Kier alpha value is -6.17. The third-order valence-electron chi connectivity index (χ3n) is 11.2. The van der Waals surface area contributed by atoms with Crippen molar-refractivity contribution in [2.24, 2.45) is 5.11 Å². The van der Waals surface area contributed by atoms with Gasteiger partial charge in [0.25, 0.3) is 0 Å². The van der Waals surface area contributed by atoms with Crippen molar-refractivity contribution in [3.8, 4) is 0 Å². The minimum Gasteiger partial charge on any atom is -0.706 e. The van der Waals surface area contributed by atoms with E-state index in [1.54, 1.807) is 12.1 Å². The van der Waals surface area contributed by atoms with Crippen LogP contribution in [0.4, 0.5) is 5.69 Å². The number of nitrogens with zero attached hydrogens (tertiary/aromatic N) is 2. The molecular weight excluding hydrogens is 926 g/mol. The average Bonchev–Trinajstić information content (AvgIpc) is 3.40. The van der Waals surface area contributed by atoms with Crippen LogP contribution >= 0.6 is 23.8 Å². The summed E-state index contributed by atoms with van der Waals surface area (Å²) in [6, 6.07) is 105. The van der Waals surface area contributed by atoms with E-state index in [2.05, 4.69) is 260 Å². The molecule has 0 saturated heterocycles. The monoisotopic (exact) mass is 972 g/mol. The Morgan fingerprint density at radius 3 is 0.657 bits per heavy atom. The molecule has 10 rings (SSSR count). The maximum absolute atomic E-state index is 8.16. The van der Waals surface area contributed by atoms with Crippen LogP contribution in [-0.2, 0) is 17.1 Å². The van der Waals surface area contributed by atoms with E-state index in [4.69, 9.17) is 5.53 Å². The standard InChI is InChI=1S/C54H42P3Si.C6H5N2.Fe/c1-7-25-43(26-8-1)55(44-27-9-2-10-28-44)49-37-19-22-40-52(49)58(53-41-23-20-38-50(53)56(45-29-11-3-12-30-45)46-31-13-4-14-32-46)54-42-24-21-39-51(54)57(47-33-15-5-16-34-47)48-35-17-6-18-36-48;7-8-6-4-2-1-3-5-6;/h1-42H;1-5H;/q2*-1;+2. The van der Waals surface area contributed by atoms with Gasteiger partial charge in [-0.15, -0.1) is 0 Å². The van der Waals surface area contributed by atoms with Crippen LogP contribution in [0.5, 0.6) is 0 Å². The maximum atomic E-state index is 8.16. The molecule has 0 heterocycles. The SMILES string of the molecule is [Fe+2].[N-]=Nc1ccccc1.c1ccc(P(c2ccccc2)c2ccccc2[Si-](c2ccccc2P(c2ccccc2)c2ccccc2)c2ccccc2P(c2ccccc2)c2ccccc2)cc1. The maximum Gasteiger partial charge on any atom is 2.00 e. The van der Waals surface area contributed by atoms with E-state index in [9.17, 15) is 0 Å². The first-order valence-electron chi connectivity index (χ1n) is 22.0. The summed E-state index contributed by atoms with van der Waals surface area (Å²) in [7, 11) is -4.30. The molecule has 0 atom stereocenters. The minimum absolute atomic E-state index is 0. The third-order valence-corrected chi connectivity index (χ3v) is 22.3. The summed E-state index contributed by atoms with van der Waals surface area (Å²) < 4.78 is 0. The normalized spacial score (nSPS) is 10.7. The van der Waals surface area contributed by atoms with Crippen LogP contribution in [0.1, 0.15) is 0 Å². The summed E-state index contributed by atoms with van der Waals surface area (Å²) in [5.41, 5.74) is 8.75. The molecule has 10 aromatic rings. The summed E-state index contributed by atoms with van der Waals surface area (Å²) in [5, 5.41) is 19.8. The fourth-order valence-electron chi connectivity index (χ4n) is 8.31. The van der Waals surface area contributed by atoms with Gasteiger partial charge in [0.15, 0.2) is 0 Å². The zero-order valence-electron chi connectivity index (χ0n) is 36.7. The van der Waals surface area contributed by atoms with Crippen molar-refractivity contribution in [1.29, 1.82) is 0 Å². The van der Waals surface area contributed by atoms with Gasteiger partial charge in [-0.25, -0.2) is 8.80 Å². The fourth-order valence-corrected chi connectivity index (χ4v) is 20.0. The first-order valence-corrected chi connectivity index (χ1v) is 27.6. The van der Waals surface area contributed by atoms with Gasteiger partial charge in [-0.1, -0.05) is 273 Å². The van der Waals surface area contributed by atoms with Crippen LogP contribution < -0.4 is 63.3 Å². The zero-order valence-corrected chi connectivity index (χ0v) is 41.5. The van der Waals surface area contributed by atoms with E-state index in [1.165, 1.54) is 63.3 Å². The van der Waals surface area contributed by atoms with Gasteiger partial charge in [-0.05, 0) is 83.6 Å². The Morgan fingerprint density at radius 1 is 0.254 bits per heavy atom. The Kier molecular flexibility index (Phi) is 17.0. The second-order valence-electron chi connectivity index (χ2n) is 15.4. The topological polar surface area (TPSA) is 34.7 Å². The van der Waals surface area contributed by atoms with Crippen LogP contribution in [0.25, 0.3) is 5.53 Å². The molecule has 0 aliphatic rings. The molecule has 0 unspecified atom stereocenters. The van der Waals surface area contributed by atoms with Crippen LogP contribution in [0.2, 0.25) is 0 Å². The Morgan fingerprint density at radius 2 is 0.448 bits per heavy atom. The second-order valence-corrected chi connectivity index (χ2v) is 24.3. The van der Waals surface area contributed by atoms with Crippen LogP contribution in [0.15, 0.2) is 290 Å². The number of benzene rings is 10. The molecule has 0 N–H and O–H groups in total. The molecule has 0 aliphatic carbocycles. The number of hydrogen-bond donors (Lipinski definition) is 0. The molecule has 0 spiro atoms. The van der Waals surface area contributed by atoms with Gasteiger partial charge in [-0.3, -0.25) is 0 Å². The molecular formula is C60H47FeN2P3Si. The molecule has 0 aromatic heterocycles. The quantitative estimate of drug-likeness (QED) is 0.0478. The molecule has 0 bridgehead atoms. The summed E-state index contributed by atoms with van der Waals surface area (Å²) in [5.74, 6) is 0. The molecule has 324 valence electrons. The number of hydrogen-bond acceptors (Lipinski definition) is 1. The van der Waals surface area contributed by atoms with Gasteiger partial charge in [0.2, 0.25) is 0 Å². The van der Waals surface area contributed by atoms with Crippen molar-refractivity contribution in [3.63, 3.8) is 0 Å². The van der Waals surface area contributed by atoms with Gasteiger partial charge in [-0.2, -0.15) is 15.6 Å². The van der Waals surface area contributed by atoms with E-state index in [0.29, 0.717) is 5.69 Å². The smallest absolute Gasteiger partial charge is 0.706 e. The number of rotatable bonds is 13. The van der Waals surface area contributed by atoms with Crippen molar-refractivity contribution in [1.82, 2.24) is 0 Å². The van der Waals surface area contributed by atoms with E-state index in [-0.39, 0.29) is 17.1 Å². The van der Waals surface area contributed by atoms with Crippen LogP contribution in [0, 0.1) is 0 Å². The van der Waals surface area contributed by atoms with Crippen LogP contribution in [0.3, 0.4) is 0 Å². The van der Waals surface area contributed by atoms with Crippen LogP contribution in [-0.4, -0.2) is 8.80 Å². The molecule has 0 fully saturated rings.